The van der Waals surface area contributed by atoms with Crippen molar-refractivity contribution in [3.8, 4) is 5.75 Å². The number of nitrogens with two attached hydrogens (primary N) is 1. The standard InChI is InChI=1S/C18H19BrN2O5.C5H10.2C2H6/c1-4-9(2)7-21-10(3)14(17(24)18(20)25)15-12(26-8-13(22)23)6-5-11(19)16(15)21;1-3-5-4-2;2*1-2/h4-6H,7-8H2,1-3H3,(H2,20,25)(H,22,23);3,5H,4H2,1-2H3;2*1-2H3/b9-4+;5-3-;;. The fourth-order valence-corrected chi connectivity index (χ4v) is 3.52. The van der Waals surface area contributed by atoms with Crippen molar-refractivity contribution < 1.29 is 24.2 Å². The van der Waals surface area contributed by atoms with Crippen LogP contribution in [0.15, 0.2) is 40.4 Å². The molecule has 2 rings (SSSR count). The molecule has 1 aromatic heterocycles. The normalized spacial score (nSPS) is 10.4. The molecule has 0 fully saturated rings. The van der Waals surface area contributed by atoms with Crippen molar-refractivity contribution in [1.82, 2.24) is 4.57 Å². The second-order valence-corrected chi connectivity index (χ2v) is 7.66. The van der Waals surface area contributed by atoms with Crippen LogP contribution in [0.5, 0.6) is 5.75 Å². The third-order valence-corrected chi connectivity index (χ3v) is 5.19. The number of carboxylic acid groups (broad SMARTS) is 1. The molecule has 0 atom stereocenters. The number of benzene rings is 1. The summed E-state index contributed by atoms with van der Waals surface area (Å²) in [5.41, 5.74) is 7.58. The number of carboxylic acids is 1. The Morgan fingerprint density at radius 2 is 1.71 bits per heavy atom. The quantitative estimate of drug-likeness (QED) is 0.211. The molecule has 0 aliphatic carbocycles. The molecule has 7 nitrogen and oxygen atoms in total. The molecule has 1 aromatic carbocycles. The molecule has 0 aliphatic heterocycles. The van der Waals surface area contributed by atoms with Crippen molar-refractivity contribution in [2.75, 3.05) is 6.61 Å². The Balaban J connectivity index is 0. The maximum absolute atomic E-state index is 12.5. The number of amides is 1. The SMILES string of the molecule is C/C=C(\C)Cn1c(C)c(C(=O)C(N)=O)c2c(OCC(=O)O)ccc(Br)c21.C/C=C\CC.CC.CC. The van der Waals surface area contributed by atoms with Crippen LogP contribution >= 0.6 is 15.9 Å². The highest BCUT2D eigenvalue weighted by Crippen LogP contribution is 2.38. The maximum Gasteiger partial charge on any atom is 0.341 e. The van der Waals surface area contributed by atoms with E-state index >= 15 is 0 Å². The number of fused-ring (bicyclic) bond motifs is 1. The molecule has 3 N–H and O–H groups in total. The van der Waals surface area contributed by atoms with Gasteiger partial charge in [0, 0.05) is 16.7 Å². The molecule has 8 heteroatoms. The molecular weight excluding hydrogens is 512 g/mol. The summed E-state index contributed by atoms with van der Waals surface area (Å²) < 4.78 is 7.91. The summed E-state index contributed by atoms with van der Waals surface area (Å²) in [5, 5.41) is 9.26. The van der Waals surface area contributed by atoms with E-state index in [-0.39, 0.29) is 11.3 Å². The molecule has 0 unspecified atom stereocenters. The van der Waals surface area contributed by atoms with Crippen LogP contribution in [0.4, 0.5) is 0 Å². The van der Waals surface area contributed by atoms with Gasteiger partial charge in [-0.1, -0.05) is 58.4 Å². The van der Waals surface area contributed by atoms with Crippen molar-refractivity contribution in [3.05, 3.63) is 51.7 Å². The lowest BCUT2D eigenvalue weighted by Crippen LogP contribution is -2.24. The molecule has 0 aliphatic rings. The van der Waals surface area contributed by atoms with Crippen LogP contribution in [-0.4, -0.2) is 33.9 Å². The van der Waals surface area contributed by atoms with Gasteiger partial charge in [0.2, 0.25) is 0 Å². The average Bonchev–Trinajstić information content (AvgIpc) is 3.14. The van der Waals surface area contributed by atoms with Gasteiger partial charge in [-0.05, 0) is 62.2 Å². The van der Waals surface area contributed by atoms with Gasteiger partial charge in [0.25, 0.3) is 11.7 Å². The molecule has 0 spiro atoms. The van der Waals surface area contributed by atoms with Gasteiger partial charge in [-0.3, -0.25) is 9.59 Å². The van der Waals surface area contributed by atoms with Crippen LogP contribution in [0.1, 0.15) is 77.9 Å². The number of nitrogens with zero attached hydrogens (tertiary/aromatic N) is 1. The number of aliphatic carboxylic acids is 1. The number of ether oxygens (including phenoxy) is 1. The molecular formula is C27H41BrN2O5. The Bertz CT molecular complexity index is 1040. The monoisotopic (exact) mass is 552 g/mol. The maximum atomic E-state index is 12.5. The molecule has 1 amide bonds. The number of allylic oxidation sites excluding steroid dienone is 4. The molecule has 0 saturated carbocycles. The molecule has 2 aromatic rings. The zero-order valence-corrected chi connectivity index (χ0v) is 24.1. The summed E-state index contributed by atoms with van der Waals surface area (Å²) in [6.45, 7) is 17.6. The number of carbonyl (C=O) groups excluding carboxylic acids is 2. The number of rotatable bonds is 8. The second-order valence-electron chi connectivity index (χ2n) is 6.80. The summed E-state index contributed by atoms with van der Waals surface area (Å²) in [6.07, 6.45) is 7.29. The number of carbonyl (C=O) groups is 3. The van der Waals surface area contributed by atoms with Crippen LogP contribution in [0, 0.1) is 6.92 Å². The minimum atomic E-state index is -1.15. The summed E-state index contributed by atoms with van der Waals surface area (Å²) >= 11 is 3.47. The number of aromatic nitrogens is 1. The van der Waals surface area contributed by atoms with Gasteiger partial charge in [-0.15, -0.1) is 0 Å². The Labute approximate surface area is 218 Å². The van der Waals surface area contributed by atoms with Gasteiger partial charge >= 0.3 is 5.97 Å². The first kappa shape index (κ1) is 34.3. The van der Waals surface area contributed by atoms with Crippen LogP contribution in [-0.2, 0) is 16.1 Å². The summed E-state index contributed by atoms with van der Waals surface area (Å²) in [7, 11) is 0. The molecule has 1 heterocycles. The van der Waals surface area contributed by atoms with Crippen molar-refractivity contribution in [3.63, 3.8) is 0 Å². The zero-order chi connectivity index (χ0) is 27.7. The second kappa shape index (κ2) is 18.5. The third-order valence-electron chi connectivity index (χ3n) is 4.55. The molecule has 196 valence electrons. The fourth-order valence-electron chi connectivity index (χ4n) is 2.97. The molecule has 0 saturated heterocycles. The number of ketones is 1. The largest absolute Gasteiger partial charge is 0.481 e. The van der Waals surface area contributed by atoms with Crippen molar-refractivity contribution in [1.29, 1.82) is 0 Å². The number of halogens is 1. The average molecular weight is 554 g/mol. The predicted octanol–water partition coefficient (Wildman–Crippen LogP) is 6.83. The van der Waals surface area contributed by atoms with E-state index in [0.29, 0.717) is 27.6 Å². The van der Waals surface area contributed by atoms with E-state index in [0.717, 1.165) is 12.0 Å². The number of hydrogen-bond donors (Lipinski definition) is 2. The molecule has 0 bridgehead atoms. The predicted molar refractivity (Wildman–Crippen MR) is 148 cm³/mol. The summed E-state index contributed by atoms with van der Waals surface area (Å²) in [6, 6.07) is 3.26. The van der Waals surface area contributed by atoms with Crippen LogP contribution in [0.25, 0.3) is 10.9 Å². The van der Waals surface area contributed by atoms with Crippen molar-refractivity contribution >= 4 is 44.5 Å². The van der Waals surface area contributed by atoms with Gasteiger partial charge in [-0.2, -0.15) is 0 Å². The Kier molecular flexibility index (Phi) is 18.1. The Morgan fingerprint density at radius 1 is 1.14 bits per heavy atom. The van der Waals surface area contributed by atoms with E-state index in [1.54, 1.807) is 19.1 Å². The summed E-state index contributed by atoms with van der Waals surface area (Å²) in [5.74, 6) is -2.87. The van der Waals surface area contributed by atoms with Crippen LogP contribution < -0.4 is 10.5 Å². The number of hydrogen-bond acceptors (Lipinski definition) is 4. The number of Topliss-reactive ketones (excluding diaryl/α,β-unsaturated/α-hetero) is 1. The van der Waals surface area contributed by atoms with Gasteiger partial charge in [0.05, 0.1) is 16.5 Å². The van der Waals surface area contributed by atoms with Crippen LogP contribution in [0.2, 0.25) is 0 Å². The minimum Gasteiger partial charge on any atom is -0.481 e. The van der Waals surface area contributed by atoms with Gasteiger partial charge in [0.15, 0.2) is 6.61 Å². The van der Waals surface area contributed by atoms with Crippen LogP contribution in [0.3, 0.4) is 0 Å². The van der Waals surface area contributed by atoms with E-state index in [4.69, 9.17) is 15.6 Å². The van der Waals surface area contributed by atoms with E-state index in [1.807, 2.05) is 59.1 Å². The summed E-state index contributed by atoms with van der Waals surface area (Å²) in [4.78, 5) is 34.9. The fraction of sp³-hybridized carbons (Fsp3) is 0.444. The lowest BCUT2D eigenvalue weighted by Gasteiger charge is -2.11. The Hall–Kier alpha value is -2.87. The van der Waals surface area contributed by atoms with Gasteiger partial charge < -0.3 is 20.1 Å². The van der Waals surface area contributed by atoms with E-state index in [1.165, 1.54) is 0 Å². The van der Waals surface area contributed by atoms with Gasteiger partial charge in [-0.25, -0.2) is 4.79 Å². The highest BCUT2D eigenvalue weighted by Gasteiger charge is 2.27. The topological polar surface area (TPSA) is 112 Å². The molecule has 35 heavy (non-hydrogen) atoms. The van der Waals surface area contributed by atoms with Crippen molar-refractivity contribution in [2.24, 2.45) is 5.73 Å². The Morgan fingerprint density at radius 3 is 2.11 bits per heavy atom. The van der Waals surface area contributed by atoms with E-state index in [9.17, 15) is 14.4 Å². The first-order valence-corrected chi connectivity index (χ1v) is 12.6. The zero-order valence-electron chi connectivity index (χ0n) is 22.5. The lowest BCUT2D eigenvalue weighted by molar-refractivity contribution is -0.139. The van der Waals surface area contributed by atoms with E-state index in [2.05, 4.69) is 35.0 Å². The first-order valence-electron chi connectivity index (χ1n) is 11.8. The lowest BCUT2D eigenvalue weighted by atomic mass is 10.1. The van der Waals surface area contributed by atoms with Gasteiger partial charge in [0.1, 0.15) is 5.75 Å². The molecule has 0 radical (unpaired) electrons. The highest BCUT2D eigenvalue weighted by atomic mass is 79.9. The first-order chi connectivity index (χ1) is 16.6. The third kappa shape index (κ3) is 10.1. The van der Waals surface area contributed by atoms with E-state index < -0.39 is 24.3 Å². The highest BCUT2D eigenvalue weighted by molar-refractivity contribution is 9.10. The number of primary amides is 1. The van der Waals surface area contributed by atoms with Crippen molar-refractivity contribution in [2.45, 2.75) is 75.3 Å². The minimum absolute atomic E-state index is 0.123. The smallest absolute Gasteiger partial charge is 0.341 e.